The summed E-state index contributed by atoms with van der Waals surface area (Å²) < 4.78 is 7.00. The van der Waals surface area contributed by atoms with Gasteiger partial charge < -0.3 is 19.9 Å². The topological polar surface area (TPSA) is 98.1 Å². The Hall–Kier alpha value is -3.30. The van der Waals surface area contributed by atoms with E-state index >= 15 is 0 Å². The highest BCUT2D eigenvalue weighted by Crippen LogP contribution is 2.24. The molecular formula is C22H22ClN5O3S. The normalized spacial score (nSPS) is 10.4. The van der Waals surface area contributed by atoms with Gasteiger partial charge in [-0.3, -0.25) is 9.59 Å². The van der Waals surface area contributed by atoms with E-state index in [4.69, 9.17) is 16.3 Å². The minimum atomic E-state index is -0.240. The quantitative estimate of drug-likeness (QED) is 0.342. The maximum Gasteiger partial charge on any atom is 0.234 e. The molecule has 0 atom stereocenters. The molecule has 1 heterocycles. The zero-order valence-electron chi connectivity index (χ0n) is 17.4. The summed E-state index contributed by atoms with van der Waals surface area (Å²) in [5, 5.41) is 15.0. The van der Waals surface area contributed by atoms with Crippen LogP contribution in [0.1, 0.15) is 5.82 Å². The average molecular weight is 472 g/mol. The Balaban J connectivity index is 1.62. The van der Waals surface area contributed by atoms with Gasteiger partial charge in [0.15, 0.2) is 5.16 Å². The summed E-state index contributed by atoms with van der Waals surface area (Å²) in [5.41, 5.74) is 1.23. The average Bonchev–Trinajstić information content (AvgIpc) is 3.15. The van der Waals surface area contributed by atoms with Crippen LogP contribution in [0.4, 0.5) is 11.4 Å². The molecule has 2 amide bonds. The molecule has 2 N–H and O–H groups in total. The number of carbonyl (C=O) groups excluding carboxylic acids is 2. The minimum absolute atomic E-state index is 0.0252. The number of ether oxygens (including phenoxy) is 1. The first-order valence-electron chi connectivity index (χ1n) is 9.64. The van der Waals surface area contributed by atoms with Crippen molar-refractivity contribution in [2.45, 2.75) is 18.1 Å². The fraction of sp³-hybridized carbons (Fsp3) is 0.182. The van der Waals surface area contributed by atoms with Gasteiger partial charge in [-0.05, 0) is 36.4 Å². The molecule has 166 valence electrons. The zero-order valence-corrected chi connectivity index (χ0v) is 18.9. The van der Waals surface area contributed by atoms with Crippen molar-refractivity contribution in [2.24, 2.45) is 0 Å². The number of nitrogens with one attached hydrogen (secondary N) is 2. The molecule has 10 heteroatoms. The van der Waals surface area contributed by atoms with Gasteiger partial charge in [0.2, 0.25) is 11.8 Å². The van der Waals surface area contributed by atoms with Gasteiger partial charge in [-0.15, -0.1) is 16.8 Å². The van der Waals surface area contributed by atoms with E-state index in [0.29, 0.717) is 39.7 Å². The van der Waals surface area contributed by atoms with Crippen molar-refractivity contribution in [3.8, 4) is 5.75 Å². The van der Waals surface area contributed by atoms with E-state index < -0.39 is 0 Å². The second-order valence-electron chi connectivity index (χ2n) is 6.57. The van der Waals surface area contributed by atoms with Crippen molar-refractivity contribution in [1.29, 1.82) is 0 Å². The van der Waals surface area contributed by atoms with Crippen LogP contribution >= 0.6 is 23.4 Å². The molecule has 0 saturated heterocycles. The van der Waals surface area contributed by atoms with E-state index in [-0.39, 0.29) is 24.0 Å². The molecule has 0 spiro atoms. The lowest BCUT2D eigenvalue weighted by Gasteiger charge is -2.10. The number of para-hydroxylation sites is 2. The van der Waals surface area contributed by atoms with Gasteiger partial charge in [-0.25, -0.2) is 0 Å². The van der Waals surface area contributed by atoms with E-state index in [1.54, 1.807) is 54.2 Å². The lowest BCUT2D eigenvalue weighted by molar-refractivity contribution is -0.116. The number of rotatable bonds is 10. The number of amides is 2. The van der Waals surface area contributed by atoms with Crippen LogP contribution in [0.5, 0.6) is 5.75 Å². The van der Waals surface area contributed by atoms with E-state index in [1.807, 2.05) is 12.1 Å². The highest BCUT2D eigenvalue weighted by molar-refractivity contribution is 7.99. The van der Waals surface area contributed by atoms with Gasteiger partial charge in [-0.2, -0.15) is 0 Å². The molecule has 0 aliphatic carbocycles. The molecule has 3 rings (SSSR count). The molecule has 2 aromatic carbocycles. The lowest BCUT2D eigenvalue weighted by Crippen LogP contribution is -2.18. The summed E-state index contributed by atoms with van der Waals surface area (Å²) in [7, 11) is 1.54. The minimum Gasteiger partial charge on any atom is -0.495 e. The van der Waals surface area contributed by atoms with Crippen LogP contribution in [0.15, 0.2) is 66.3 Å². The molecule has 1 aromatic heterocycles. The van der Waals surface area contributed by atoms with E-state index in [9.17, 15) is 9.59 Å². The third-order valence-electron chi connectivity index (χ3n) is 4.27. The smallest absolute Gasteiger partial charge is 0.234 e. The highest BCUT2D eigenvalue weighted by Gasteiger charge is 2.17. The number of hydrogen-bond acceptors (Lipinski definition) is 6. The fourth-order valence-electron chi connectivity index (χ4n) is 2.82. The third kappa shape index (κ3) is 6.35. The Morgan fingerprint density at radius 3 is 2.59 bits per heavy atom. The Kier molecular flexibility index (Phi) is 8.29. The number of anilines is 2. The summed E-state index contributed by atoms with van der Waals surface area (Å²) in [5.74, 6) is 0.716. The molecule has 0 aliphatic heterocycles. The molecule has 0 bridgehead atoms. The van der Waals surface area contributed by atoms with Gasteiger partial charge in [0.1, 0.15) is 11.6 Å². The summed E-state index contributed by atoms with van der Waals surface area (Å²) in [6.45, 7) is 4.16. The molecule has 0 aliphatic rings. The van der Waals surface area contributed by atoms with Gasteiger partial charge in [0.25, 0.3) is 0 Å². The summed E-state index contributed by atoms with van der Waals surface area (Å²) in [6, 6.07) is 14.0. The molecule has 8 nitrogen and oxygen atoms in total. The van der Waals surface area contributed by atoms with E-state index in [1.165, 1.54) is 11.8 Å². The van der Waals surface area contributed by atoms with Gasteiger partial charge >= 0.3 is 0 Å². The largest absolute Gasteiger partial charge is 0.495 e. The molecule has 0 radical (unpaired) electrons. The summed E-state index contributed by atoms with van der Waals surface area (Å²) in [4.78, 5) is 24.8. The van der Waals surface area contributed by atoms with E-state index in [2.05, 4.69) is 27.4 Å². The first-order chi connectivity index (χ1) is 15.5. The SMILES string of the molecule is C=CCn1c(CC(=O)Nc2ccc(Cl)cc2)nnc1SCC(=O)Nc1ccccc1OC. The molecular weight excluding hydrogens is 450 g/mol. The van der Waals surface area contributed by atoms with Crippen LogP contribution in [0.2, 0.25) is 5.02 Å². The molecule has 0 fully saturated rings. The van der Waals surface area contributed by atoms with Crippen LogP contribution in [-0.4, -0.2) is 39.4 Å². The van der Waals surface area contributed by atoms with Gasteiger partial charge in [0, 0.05) is 17.3 Å². The van der Waals surface area contributed by atoms with Crippen LogP contribution in [-0.2, 0) is 22.6 Å². The lowest BCUT2D eigenvalue weighted by atomic mass is 10.3. The number of methoxy groups -OCH3 is 1. The first-order valence-corrected chi connectivity index (χ1v) is 11.0. The standard InChI is InChI=1S/C22H22ClN5O3S/c1-3-12-28-19(13-20(29)24-16-10-8-15(23)9-11-16)26-27-22(28)32-14-21(30)25-17-6-4-5-7-18(17)31-2/h3-11H,1,12-14H2,2H3,(H,24,29)(H,25,30). The number of allylic oxidation sites excluding steroid dienone is 1. The first kappa shape index (κ1) is 23.4. The number of benzene rings is 2. The fourth-order valence-corrected chi connectivity index (χ4v) is 3.71. The third-order valence-corrected chi connectivity index (χ3v) is 5.48. The summed E-state index contributed by atoms with van der Waals surface area (Å²) >= 11 is 7.09. The monoisotopic (exact) mass is 471 g/mol. The van der Waals surface area contributed by atoms with Gasteiger partial charge in [0.05, 0.1) is 25.0 Å². The number of hydrogen-bond donors (Lipinski definition) is 2. The summed E-state index contributed by atoms with van der Waals surface area (Å²) in [6.07, 6.45) is 1.71. The Bertz CT molecular complexity index is 1100. The number of halogens is 1. The van der Waals surface area contributed by atoms with Crippen LogP contribution < -0.4 is 15.4 Å². The number of carbonyl (C=O) groups is 2. The Labute approximate surface area is 195 Å². The van der Waals surface area contributed by atoms with Crippen molar-refractivity contribution in [3.63, 3.8) is 0 Å². The van der Waals surface area contributed by atoms with Crippen molar-refractivity contribution < 1.29 is 14.3 Å². The molecule has 0 saturated carbocycles. The number of thioether (sulfide) groups is 1. The molecule has 32 heavy (non-hydrogen) atoms. The maximum absolute atomic E-state index is 12.4. The zero-order chi connectivity index (χ0) is 22.9. The van der Waals surface area contributed by atoms with Crippen molar-refractivity contribution in [1.82, 2.24) is 14.8 Å². The molecule has 0 unspecified atom stereocenters. The van der Waals surface area contributed by atoms with Gasteiger partial charge in [-0.1, -0.05) is 41.6 Å². The predicted octanol–water partition coefficient (Wildman–Crippen LogP) is 4.04. The number of nitrogens with zero attached hydrogens (tertiary/aromatic N) is 3. The predicted molar refractivity (Wildman–Crippen MR) is 126 cm³/mol. The van der Waals surface area contributed by atoms with Crippen LogP contribution in [0.25, 0.3) is 0 Å². The van der Waals surface area contributed by atoms with Crippen molar-refractivity contribution in [2.75, 3.05) is 23.5 Å². The Morgan fingerprint density at radius 1 is 1.12 bits per heavy atom. The number of aromatic nitrogens is 3. The van der Waals surface area contributed by atoms with Crippen LogP contribution in [0, 0.1) is 0 Å². The van der Waals surface area contributed by atoms with Crippen LogP contribution in [0.3, 0.4) is 0 Å². The van der Waals surface area contributed by atoms with Crippen molar-refractivity contribution in [3.05, 3.63) is 72.0 Å². The van der Waals surface area contributed by atoms with E-state index in [0.717, 1.165) is 0 Å². The van der Waals surface area contributed by atoms with Crippen molar-refractivity contribution >= 4 is 46.6 Å². The second kappa shape index (κ2) is 11.4. The molecule has 3 aromatic rings. The Morgan fingerprint density at radius 2 is 1.88 bits per heavy atom. The second-order valence-corrected chi connectivity index (χ2v) is 7.95. The maximum atomic E-state index is 12.4. The highest BCUT2D eigenvalue weighted by atomic mass is 35.5.